The number of carboxylic acids is 2. The topological polar surface area (TPSA) is 74.6 Å². The minimum Gasteiger partial charge on any atom is -0.478 e. The number of rotatable bonds is 5. The van der Waals surface area contributed by atoms with E-state index in [2.05, 4.69) is 0 Å². The molecular formula is C10H14O4. The maximum atomic E-state index is 10.4. The fourth-order valence-corrected chi connectivity index (χ4v) is 0.887. The first-order valence-electron chi connectivity index (χ1n) is 4.23. The van der Waals surface area contributed by atoms with Gasteiger partial charge in [-0.2, -0.15) is 0 Å². The summed E-state index contributed by atoms with van der Waals surface area (Å²) in [7, 11) is 0. The summed E-state index contributed by atoms with van der Waals surface area (Å²) < 4.78 is 0. The van der Waals surface area contributed by atoms with Gasteiger partial charge in [-0.15, -0.1) is 0 Å². The van der Waals surface area contributed by atoms with Crippen molar-refractivity contribution < 1.29 is 19.8 Å². The van der Waals surface area contributed by atoms with Crippen LogP contribution < -0.4 is 0 Å². The quantitative estimate of drug-likeness (QED) is 0.661. The molecular weight excluding hydrogens is 184 g/mol. The van der Waals surface area contributed by atoms with Gasteiger partial charge in [-0.05, 0) is 26.7 Å². The van der Waals surface area contributed by atoms with Crippen LogP contribution in [0.1, 0.15) is 26.7 Å². The first-order chi connectivity index (χ1) is 6.43. The Morgan fingerprint density at radius 1 is 1.21 bits per heavy atom. The maximum Gasteiger partial charge on any atom is 0.330 e. The largest absolute Gasteiger partial charge is 0.478 e. The van der Waals surface area contributed by atoms with E-state index in [-0.39, 0.29) is 5.57 Å². The highest BCUT2D eigenvalue weighted by Gasteiger charge is 1.98. The minimum atomic E-state index is -0.971. The van der Waals surface area contributed by atoms with E-state index in [0.29, 0.717) is 12.8 Å². The summed E-state index contributed by atoms with van der Waals surface area (Å²) in [6.45, 7) is 3.22. The van der Waals surface area contributed by atoms with Gasteiger partial charge in [0.1, 0.15) is 0 Å². The lowest BCUT2D eigenvalue weighted by Crippen LogP contribution is -1.95. The smallest absolute Gasteiger partial charge is 0.330 e. The highest BCUT2D eigenvalue weighted by Crippen LogP contribution is 2.06. The molecule has 0 aromatic carbocycles. The Kier molecular flexibility index (Phi) is 5.29. The molecule has 14 heavy (non-hydrogen) atoms. The highest BCUT2D eigenvalue weighted by molar-refractivity contribution is 5.85. The zero-order valence-electron chi connectivity index (χ0n) is 8.28. The van der Waals surface area contributed by atoms with E-state index in [0.717, 1.165) is 11.6 Å². The van der Waals surface area contributed by atoms with Crippen molar-refractivity contribution in [3.8, 4) is 0 Å². The van der Waals surface area contributed by atoms with Crippen molar-refractivity contribution in [3.05, 3.63) is 23.3 Å². The van der Waals surface area contributed by atoms with Crippen LogP contribution in [-0.4, -0.2) is 22.2 Å². The molecule has 0 amide bonds. The predicted molar refractivity (Wildman–Crippen MR) is 52.0 cm³/mol. The van der Waals surface area contributed by atoms with Crippen LogP contribution in [0.5, 0.6) is 0 Å². The molecule has 0 saturated heterocycles. The molecule has 0 radical (unpaired) electrons. The monoisotopic (exact) mass is 198 g/mol. The van der Waals surface area contributed by atoms with Gasteiger partial charge in [0.2, 0.25) is 0 Å². The summed E-state index contributed by atoms with van der Waals surface area (Å²) in [6.07, 6.45) is 3.83. The summed E-state index contributed by atoms with van der Waals surface area (Å²) in [5.74, 6) is -1.91. The van der Waals surface area contributed by atoms with E-state index in [1.807, 2.05) is 0 Å². The van der Waals surface area contributed by atoms with Crippen LogP contribution in [0.3, 0.4) is 0 Å². The van der Waals surface area contributed by atoms with Crippen LogP contribution in [0.25, 0.3) is 0 Å². The molecule has 0 fully saturated rings. The van der Waals surface area contributed by atoms with E-state index < -0.39 is 11.9 Å². The molecule has 0 rings (SSSR count). The molecule has 0 aliphatic rings. The van der Waals surface area contributed by atoms with Crippen molar-refractivity contribution in [2.45, 2.75) is 26.7 Å². The Morgan fingerprint density at radius 2 is 1.79 bits per heavy atom. The Hall–Kier alpha value is -1.58. The van der Waals surface area contributed by atoms with Gasteiger partial charge < -0.3 is 10.2 Å². The van der Waals surface area contributed by atoms with Gasteiger partial charge in [-0.3, -0.25) is 0 Å². The standard InChI is InChI=1S/C10H14O4/c1-7(6-9(11)12)4-3-5-8(2)10(13)14/h5-6H,3-4H2,1-2H3,(H,11,12)(H,13,14)/b7-6+,8-5+. The van der Waals surface area contributed by atoms with Crippen LogP contribution in [0.15, 0.2) is 23.3 Å². The first kappa shape index (κ1) is 12.4. The van der Waals surface area contributed by atoms with Crippen LogP contribution in [0, 0.1) is 0 Å². The van der Waals surface area contributed by atoms with Crippen molar-refractivity contribution in [1.29, 1.82) is 0 Å². The highest BCUT2D eigenvalue weighted by atomic mass is 16.4. The number of hydrogen-bond acceptors (Lipinski definition) is 2. The van der Waals surface area contributed by atoms with E-state index >= 15 is 0 Å². The van der Waals surface area contributed by atoms with E-state index in [1.54, 1.807) is 13.0 Å². The SMILES string of the molecule is C/C(=C\C(=O)O)CC/C=C(\C)C(=O)O. The molecule has 0 aromatic rings. The van der Waals surface area contributed by atoms with Crippen molar-refractivity contribution in [1.82, 2.24) is 0 Å². The van der Waals surface area contributed by atoms with Crippen molar-refractivity contribution in [3.63, 3.8) is 0 Å². The van der Waals surface area contributed by atoms with Crippen molar-refractivity contribution in [2.75, 3.05) is 0 Å². The van der Waals surface area contributed by atoms with Gasteiger partial charge in [0.05, 0.1) is 0 Å². The van der Waals surface area contributed by atoms with Gasteiger partial charge in [0, 0.05) is 11.6 Å². The molecule has 4 heteroatoms. The summed E-state index contributed by atoms with van der Waals surface area (Å²) in [5, 5.41) is 16.9. The predicted octanol–water partition coefficient (Wildman–Crippen LogP) is 1.83. The van der Waals surface area contributed by atoms with Crippen molar-refractivity contribution >= 4 is 11.9 Å². The summed E-state index contributed by atoms with van der Waals surface area (Å²) in [6, 6.07) is 0. The molecule has 0 unspecified atom stereocenters. The lowest BCUT2D eigenvalue weighted by molar-refractivity contribution is -0.133. The second kappa shape index (κ2) is 5.96. The molecule has 0 aromatic heterocycles. The number of aliphatic carboxylic acids is 2. The van der Waals surface area contributed by atoms with E-state index in [4.69, 9.17) is 10.2 Å². The summed E-state index contributed by atoms with van der Waals surface area (Å²) >= 11 is 0. The number of allylic oxidation sites excluding steroid dienone is 2. The van der Waals surface area contributed by atoms with Gasteiger partial charge in [-0.25, -0.2) is 9.59 Å². The molecule has 0 saturated carbocycles. The number of carboxylic acid groups (broad SMARTS) is 2. The molecule has 78 valence electrons. The molecule has 2 N–H and O–H groups in total. The fourth-order valence-electron chi connectivity index (χ4n) is 0.887. The molecule has 0 aliphatic carbocycles. The third kappa shape index (κ3) is 5.99. The molecule has 0 bridgehead atoms. The van der Waals surface area contributed by atoms with E-state index in [9.17, 15) is 9.59 Å². The molecule has 0 atom stereocenters. The zero-order valence-corrected chi connectivity index (χ0v) is 8.28. The minimum absolute atomic E-state index is 0.285. The van der Waals surface area contributed by atoms with Crippen LogP contribution >= 0.6 is 0 Å². The van der Waals surface area contributed by atoms with Crippen LogP contribution in [0.2, 0.25) is 0 Å². The normalized spacial score (nSPS) is 12.7. The fraction of sp³-hybridized carbons (Fsp3) is 0.400. The molecule has 0 heterocycles. The van der Waals surface area contributed by atoms with Gasteiger partial charge in [0.15, 0.2) is 0 Å². The summed E-state index contributed by atoms with van der Waals surface area (Å²) in [5.41, 5.74) is 1.01. The lowest BCUT2D eigenvalue weighted by Gasteiger charge is -1.96. The summed E-state index contributed by atoms with van der Waals surface area (Å²) in [4.78, 5) is 20.6. The maximum absolute atomic E-state index is 10.4. The molecule has 4 nitrogen and oxygen atoms in total. The second-order valence-corrected chi connectivity index (χ2v) is 3.06. The number of hydrogen-bond donors (Lipinski definition) is 2. The second-order valence-electron chi connectivity index (χ2n) is 3.06. The zero-order chi connectivity index (χ0) is 11.1. The average Bonchev–Trinajstić information content (AvgIpc) is 2.02. The van der Waals surface area contributed by atoms with E-state index in [1.165, 1.54) is 6.92 Å². The Morgan fingerprint density at radius 3 is 2.21 bits per heavy atom. The van der Waals surface area contributed by atoms with Gasteiger partial charge in [0.25, 0.3) is 0 Å². The Labute approximate surface area is 82.6 Å². The Bertz CT molecular complexity index is 286. The number of carbonyl (C=O) groups is 2. The van der Waals surface area contributed by atoms with Crippen LogP contribution in [0.4, 0.5) is 0 Å². The van der Waals surface area contributed by atoms with Crippen molar-refractivity contribution in [2.24, 2.45) is 0 Å². The molecule has 0 aliphatic heterocycles. The first-order valence-corrected chi connectivity index (χ1v) is 4.23. The van der Waals surface area contributed by atoms with Crippen LogP contribution in [-0.2, 0) is 9.59 Å². The molecule has 0 spiro atoms. The van der Waals surface area contributed by atoms with Gasteiger partial charge >= 0.3 is 11.9 Å². The third-order valence-corrected chi connectivity index (χ3v) is 1.70. The third-order valence-electron chi connectivity index (χ3n) is 1.70. The Balaban J connectivity index is 4.02. The average molecular weight is 198 g/mol. The van der Waals surface area contributed by atoms with Gasteiger partial charge in [-0.1, -0.05) is 11.6 Å². The lowest BCUT2D eigenvalue weighted by atomic mass is 10.1.